The van der Waals surface area contributed by atoms with Crippen molar-refractivity contribution in [2.24, 2.45) is 5.73 Å². The molecule has 0 spiro atoms. The molecule has 156 valence electrons. The summed E-state index contributed by atoms with van der Waals surface area (Å²) >= 11 is 1.57. The number of amides is 3. The maximum atomic E-state index is 12.9. The number of primary amides is 1. The third-order valence-electron chi connectivity index (χ3n) is 4.89. The van der Waals surface area contributed by atoms with Crippen molar-refractivity contribution in [1.82, 2.24) is 14.5 Å². The summed E-state index contributed by atoms with van der Waals surface area (Å²) in [4.78, 5) is 25.8. The number of nitrogens with zero attached hydrogens (tertiary/aromatic N) is 2. The normalized spacial score (nSPS) is 16.6. The fraction of sp³-hybridized carbons (Fsp3) is 0.556. The van der Waals surface area contributed by atoms with Crippen molar-refractivity contribution in [1.29, 1.82) is 0 Å². The fourth-order valence-electron chi connectivity index (χ4n) is 3.06. The highest BCUT2D eigenvalue weighted by molar-refractivity contribution is 7.98. The lowest BCUT2D eigenvalue weighted by atomic mass is 10.1. The van der Waals surface area contributed by atoms with Gasteiger partial charge in [0.25, 0.3) is 0 Å². The van der Waals surface area contributed by atoms with Gasteiger partial charge in [0, 0.05) is 26.2 Å². The minimum Gasteiger partial charge on any atom is -0.352 e. The van der Waals surface area contributed by atoms with E-state index in [0.717, 1.165) is 11.1 Å². The van der Waals surface area contributed by atoms with Crippen LogP contribution >= 0.6 is 11.8 Å². The Hall–Kier alpha value is -1.78. The quantitative estimate of drug-likeness (QED) is 0.671. The van der Waals surface area contributed by atoms with Crippen molar-refractivity contribution in [2.45, 2.75) is 31.2 Å². The SMILES string of the molecule is CSCCC(NC(N)=O)C(=O)N1CCN(S(=O)(=O)c2ccc(C)c(C)c2)CC1. The number of aryl methyl sites for hydroxylation is 2. The summed E-state index contributed by atoms with van der Waals surface area (Å²) < 4.78 is 27.2. The van der Waals surface area contributed by atoms with Crippen molar-refractivity contribution < 1.29 is 18.0 Å². The lowest BCUT2D eigenvalue weighted by Gasteiger charge is -2.35. The molecule has 0 saturated carbocycles. The average Bonchev–Trinajstić information content (AvgIpc) is 2.66. The third-order valence-corrected chi connectivity index (χ3v) is 7.43. The fourth-order valence-corrected chi connectivity index (χ4v) is 5.04. The Labute approximate surface area is 170 Å². The molecule has 1 saturated heterocycles. The summed E-state index contributed by atoms with van der Waals surface area (Å²) in [5, 5.41) is 2.49. The molecular weight excluding hydrogens is 400 g/mol. The molecule has 3 amide bonds. The van der Waals surface area contributed by atoms with E-state index in [4.69, 9.17) is 5.73 Å². The summed E-state index contributed by atoms with van der Waals surface area (Å²) in [7, 11) is -3.60. The standard InChI is InChI=1S/C18H28N4O4S2/c1-13-4-5-15(12-14(13)2)28(25,26)22-9-7-21(8-10-22)17(23)16(6-11-27-3)20-18(19)24/h4-5,12,16H,6-11H2,1-3H3,(H3,19,20,24). The Morgan fingerprint density at radius 3 is 2.36 bits per heavy atom. The van der Waals surface area contributed by atoms with Gasteiger partial charge in [-0.15, -0.1) is 0 Å². The predicted molar refractivity (Wildman–Crippen MR) is 111 cm³/mol. The van der Waals surface area contributed by atoms with E-state index in [2.05, 4.69) is 5.32 Å². The van der Waals surface area contributed by atoms with Crippen molar-refractivity contribution in [3.63, 3.8) is 0 Å². The average molecular weight is 429 g/mol. The van der Waals surface area contributed by atoms with Gasteiger partial charge >= 0.3 is 6.03 Å². The molecule has 1 unspecified atom stereocenters. The number of carbonyl (C=O) groups is 2. The smallest absolute Gasteiger partial charge is 0.312 e. The number of urea groups is 1. The first-order valence-electron chi connectivity index (χ1n) is 9.08. The highest BCUT2D eigenvalue weighted by Crippen LogP contribution is 2.21. The molecule has 1 fully saturated rings. The maximum Gasteiger partial charge on any atom is 0.312 e. The molecule has 1 aromatic carbocycles. The first-order valence-corrected chi connectivity index (χ1v) is 11.9. The number of sulfonamides is 1. The van der Waals surface area contributed by atoms with Crippen LogP contribution in [-0.4, -0.2) is 73.8 Å². The van der Waals surface area contributed by atoms with Gasteiger partial charge in [-0.1, -0.05) is 6.07 Å². The second-order valence-electron chi connectivity index (χ2n) is 6.82. The van der Waals surface area contributed by atoms with Gasteiger partial charge in [-0.05, 0) is 55.5 Å². The van der Waals surface area contributed by atoms with E-state index in [-0.39, 0.29) is 37.0 Å². The van der Waals surface area contributed by atoms with Crippen LogP contribution in [0.5, 0.6) is 0 Å². The third kappa shape index (κ3) is 5.39. The lowest BCUT2D eigenvalue weighted by Crippen LogP contribution is -2.56. The number of rotatable bonds is 7. The van der Waals surface area contributed by atoms with Crippen LogP contribution in [0.25, 0.3) is 0 Å². The summed E-state index contributed by atoms with van der Waals surface area (Å²) in [5.41, 5.74) is 7.14. The number of nitrogens with one attached hydrogen (secondary N) is 1. The van der Waals surface area contributed by atoms with Crippen LogP contribution in [0.15, 0.2) is 23.1 Å². The number of nitrogens with two attached hydrogens (primary N) is 1. The number of benzene rings is 1. The predicted octanol–water partition coefficient (Wildman–Crippen LogP) is 0.926. The number of carbonyl (C=O) groups excluding carboxylic acids is 2. The summed E-state index contributed by atoms with van der Waals surface area (Å²) in [5.74, 6) is 0.480. The van der Waals surface area contributed by atoms with Gasteiger partial charge in [-0.25, -0.2) is 13.2 Å². The summed E-state index contributed by atoms with van der Waals surface area (Å²) in [6.45, 7) is 4.80. The first-order chi connectivity index (χ1) is 13.2. The molecule has 3 N–H and O–H groups in total. The van der Waals surface area contributed by atoms with Gasteiger partial charge in [0.15, 0.2) is 0 Å². The molecule has 2 rings (SSSR count). The number of piperazine rings is 1. The largest absolute Gasteiger partial charge is 0.352 e. The second kappa shape index (κ2) is 9.62. The summed E-state index contributed by atoms with van der Waals surface area (Å²) in [6, 6.07) is 3.67. The topological polar surface area (TPSA) is 113 Å². The molecule has 0 aliphatic carbocycles. The lowest BCUT2D eigenvalue weighted by molar-refractivity contribution is -0.134. The summed E-state index contributed by atoms with van der Waals surface area (Å²) in [6.07, 6.45) is 2.40. The molecule has 1 heterocycles. The first kappa shape index (κ1) is 22.5. The number of hydrogen-bond acceptors (Lipinski definition) is 5. The van der Waals surface area contributed by atoms with Crippen LogP contribution in [0.1, 0.15) is 17.5 Å². The molecule has 1 atom stereocenters. The van der Waals surface area contributed by atoms with Gasteiger partial charge in [-0.3, -0.25) is 4.79 Å². The van der Waals surface area contributed by atoms with Gasteiger partial charge in [-0.2, -0.15) is 16.1 Å². The van der Waals surface area contributed by atoms with E-state index < -0.39 is 22.1 Å². The molecule has 10 heteroatoms. The Balaban J connectivity index is 2.05. The van der Waals surface area contributed by atoms with Crippen molar-refractivity contribution in [3.05, 3.63) is 29.3 Å². The second-order valence-corrected chi connectivity index (χ2v) is 9.74. The van der Waals surface area contributed by atoms with Crippen molar-refractivity contribution in [3.8, 4) is 0 Å². The van der Waals surface area contributed by atoms with Gasteiger partial charge in [0.05, 0.1) is 4.90 Å². The Morgan fingerprint density at radius 2 is 1.82 bits per heavy atom. The molecule has 1 aliphatic rings. The monoisotopic (exact) mass is 428 g/mol. The van der Waals surface area contributed by atoms with Crippen LogP contribution in [0.4, 0.5) is 4.79 Å². The van der Waals surface area contributed by atoms with E-state index >= 15 is 0 Å². The molecule has 1 aliphatic heterocycles. The van der Waals surface area contributed by atoms with Crippen LogP contribution in [0, 0.1) is 13.8 Å². The minimum absolute atomic E-state index is 0.215. The van der Waals surface area contributed by atoms with E-state index in [9.17, 15) is 18.0 Å². The van der Waals surface area contributed by atoms with Crippen molar-refractivity contribution in [2.75, 3.05) is 38.2 Å². The zero-order valence-electron chi connectivity index (χ0n) is 16.5. The molecule has 28 heavy (non-hydrogen) atoms. The van der Waals surface area contributed by atoms with E-state index in [1.165, 1.54) is 4.31 Å². The highest BCUT2D eigenvalue weighted by Gasteiger charge is 2.32. The van der Waals surface area contributed by atoms with Crippen LogP contribution in [-0.2, 0) is 14.8 Å². The van der Waals surface area contributed by atoms with E-state index in [0.29, 0.717) is 12.2 Å². The number of hydrogen-bond donors (Lipinski definition) is 2. The maximum absolute atomic E-state index is 12.9. The minimum atomic E-state index is -3.60. The van der Waals surface area contributed by atoms with Gasteiger partial charge in [0.1, 0.15) is 6.04 Å². The number of thioether (sulfide) groups is 1. The Bertz CT molecular complexity index is 821. The van der Waals surface area contributed by atoms with E-state index in [1.807, 2.05) is 20.1 Å². The highest BCUT2D eigenvalue weighted by atomic mass is 32.2. The van der Waals surface area contributed by atoms with Crippen LogP contribution < -0.4 is 11.1 Å². The van der Waals surface area contributed by atoms with Crippen LogP contribution in [0.3, 0.4) is 0 Å². The molecule has 0 aromatic heterocycles. The molecule has 0 bridgehead atoms. The zero-order chi connectivity index (χ0) is 20.9. The molecular formula is C18H28N4O4S2. The molecule has 8 nitrogen and oxygen atoms in total. The molecule has 0 radical (unpaired) electrons. The van der Waals surface area contributed by atoms with Gasteiger partial charge < -0.3 is 16.0 Å². The van der Waals surface area contributed by atoms with Crippen molar-refractivity contribution >= 4 is 33.7 Å². The van der Waals surface area contributed by atoms with Crippen LogP contribution in [0.2, 0.25) is 0 Å². The Morgan fingerprint density at radius 1 is 1.18 bits per heavy atom. The molecule has 1 aromatic rings. The Kier molecular flexibility index (Phi) is 7.73. The van der Waals surface area contributed by atoms with E-state index in [1.54, 1.807) is 34.9 Å². The van der Waals surface area contributed by atoms with Gasteiger partial charge in [0.2, 0.25) is 15.9 Å². The zero-order valence-corrected chi connectivity index (χ0v) is 18.1.